The summed E-state index contributed by atoms with van der Waals surface area (Å²) in [7, 11) is 0. The maximum Gasteiger partial charge on any atom is 0.270 e. The minimum absolute atomic E-state index is 0.0563. The lowest BCUT2D eigenvalue weighted by Gasteiger charge is -2.21. The molecule has 0 saturated heterocycles. The number of non-ortho nitro benzene ring substituents is 1. The first-order chi connectivity index (χ1) is 12.2. The number of anilines is 1. The molecule has 2 aromatic rings. The first-order valence-electron chi connectivity index (χ1n) is 7.67. The number of nitro benzene ring substituents is 1. The second-order valence-corrected chi connectivity index (χ2v) is 7.17. The Morgan fingerprint density at radius 3 is 2.54 bits per heavy atom. The summed E-state index contributed by atoms with van der Waals surface area (Å²) in [4.78, 5) is 39.3. The highest BCUT2D eigenvalue weighted by atomic mass is 35.5. The van der Waals surface area contributed by atoms with E-state index in [4.69, 9.17) is 11.6 Å². The van der Waals surface area contributed by atoms with Crippen molar-refractivity contribution in [3.63, 3.8) is 0 Å². The van der Waals surface area contributed by atoms with Gasteiger partial charge in [-0.2, -0.15) is 0 Å². The molecule has 2 amide bonds. The van der Waals surface area contributed by atoms with Gasteiger partial charge in [0.15, 0.2) is 5.13 Å². The third-order valence-electron chi connectivity index (χ3n) is 3.49. The molecule has 0 aliphatic carbocycles. The Balaban J connectivity index is 2.15. The Morgan fingerprint density at radius 2 is 2.04 bits per heavy atom. The zero-order valence-electron chi connectivity index (χ0n) is 14.3. The van der Waals surface area contributed by atoms with Crippen molar-refractivity contribution in [2.75, 3.05) is 5.32 Å². The van der Waals surface area contributed by atoms with Crippen molar-refractivity contribution in [1.82, 2.24) is 10.3 Å². The summed E-state index contributed by atoms with van der Waals surface area (Å²) >= 11 is 7.26. The SMILES string of the molecule is Cc1csc(NC(=O)C(NC(=O)c2ccc([N+](=O)[O-])cc2Cl)C(C)C)n1. The highest BCUT2D eigenvalue weighted by molar-refractivity contribution is 7.13. The molecule has 1 aromatic carbocycles. The minimum atomic E-state index is -0.821. The molecule has 26 heavy (non-hydrogen) atoms. The third-order valence-corrected chi connectivity index (χ3v) is 4.68. The zero-order chi connectivity index (χ0) is 19.4. The van der Waals surface area contributed by atoms with Crippen LogP contribution in [0.4, 0.5) is 10.8 Å². The number of rotatable bonds is 6. The number of thiazole rings is 1. The van der Waals surface area contributed by atoms with E-state index < -0.39 is 22.8 Å². The van der Waals surface area contributed by atoms with Crippen LogP contribution in [0.25, 0.3) is 0 Å². The summed E-state index contributed by atoms with van der Waals surface area (Å²) in [6.45, 7) is 5.38. The Bertz CT molecular complexity index is 853. The molecule has 1 unspecified atom stereocenters. The molecule has 8 nitrogen and oxygen atoms in total. The Hall–Kier alpha value is -2.52. The molecular formula is C16H17ClN4O4S. The van der Waals surface area contributed by atoms with Crippen LogP contribution in [0.3, 0.4) is 0 Å². The van der Waals surface area contributed by atoms with Crippen molar-refractivity contribution >= 4 is 45.6 Å². The lowest BCUT2D eigenvalue weighted by Crippen LogP contribution is -2.47. The molecule has 0 aliphatic rings. The van der Waals surface area contributed by atoms with Crippen LogP contribution >= 0.6 is 22.9 Å². The minimum Gasteiger partial charge on any atom is -0.340 e. The van der Waals surface area contributed by atoms with Crippen molar-refractivity contribution in [3.05, 3.63) is 50.0 Å². The van der Waals surface area contributed by atoms with E-state index in [0.29, 0.717) is 5.13 Å². The summed E-state index contributed by atoms with van der Waals surface area (Å²) in [5, 5.41) is 18.2. The average molecular weight is 397 g/mol. The number of carbonyl (C=O) groups is 2. The van der Waals surface area contributed by atoms with E-state index in [9.17, 15) is 19.7 Å². The zero-order valence-corrected chi connectivity index (χ0v) is 15.9. The lowest BCUT2D eigenvalue weighted by molar-refractivity contribution is -0.384. The van der Waals surface area contributed by atoms with Gasteiger partial charge in [0.2, 0.25) is 5.91 Å². The fourth-order valence-corrected chi connectivity index (χ4v) is 3.10. The van der Waals surface area contributed by atoms with E-state index in [2.05, 4.69) is 15.6 Å². The smallest absolute Gasteiger partial charge is 0.270 e. The lowest BCUT2D eigenvalue weighted by atomic mass is 10.0. The molecule has 0 fully saturated rings. The van der Waals surface area contributed by atoms with Crippen LogP contribution in [0, 0.1) is 23.0 Å². The quantitative estimate of drug-likeness (QED) is 0.573. The third kappa shape index (κ3) is 4.77. The van der Waals surface area contributed by atoms with Gasteiger partial charge in [-0.1, -0.05) is 25.4 Å². The number of carbonyl (C=O) groups excluding carboxylic acids is 2. The van der Waals surface area contributed by atoms with Crippen molar-refractivity contribution in [2.45, 2.75) is 26.8 Å². The predicted octanol–water partition coefficient (Wildman–Crippen LogP) is 3.41. The number of aryl methyl sites for hydroxylation is 1. The second kappa shape index (κ2) is 8.24. The molecule has 0 radical (unpaired) electrons. The van der Waals surface area contributed by atoms with Gasteiger partial charge in [0.1, 0.15) is 6.04 Å². The average Bonchev–Trinajstić information content (AvgIpc) is 2.96. The summed E-state index contributed by atoms with van der Waals surface area (Å²) in [5.74, 6) is -1.19. The monoisotopic (exact) mass is 396 g/mol. The van der Waals surface area contributed by atoms with Gasteiger partial charge in [-0.25, -0.2) is 4.98 Å². The van der Waals surface area contributed by atoms with Gasteiger partial charge in [-0.3, -0.25) is 19.7 Å². The number of nitrogens with one attached hydrogen (secondary N) is 2. The number of benzene rings is 1. The summed E-state index contributed by atoms with van der Waals surface area (Å²) < 4.78 is 0. The number of nitrogens with zero attached hydrogens (tertiary/aromatic N) is 2. The predicted molar refractivity (Wildman–Crippen MR) is 99.7 cm³/mol. The maximum atomic E-state index is 12.5. The molecule has 0 aliphatic heterocycles. The Labute approximate surface area is 158 Å². The van der Waals surface area contributed by atoms with Crippen molar-refractivity contribution in [3.8, 4) is 0 Å². The second-order valence-electron chi connectivity index (χ2n) is 5.90. The summed E-state index contributed by atoms with van der Waals surface area (Å²) in [6, 6.07) is 2.72. The maximum absolute atomic E-state index is 12.5. The topological polar surface area (TPSA) is 114 Å². The first-order valence-corrected chi connectivity index (χ1v) is 8.92. The molecule has 0 spiro atoms. The fraction of sp³-hybridized carbons (Fsp3) is 0.312. The van der Waals surface area contributed by atoms with Crippen molar-refractivity contribution in [1.29, 1.82) is 0 Å². The van der Waals surface area contributed by atoms with Crippen LogP contribution in [-0.4, -0.2) is 27.8 Å². The molecule has 1 atom stereocenters. The first kappa shape index (κ1) is 19.8. The molecular weight excluding hydrogens is 380 g/mol. The number of amides is 2. The Kier molecular flexibility index (Phi) is 6.27. The highest BCUT2D eigenvalue weighted by Gasteiger charge is 2.26. The largest absolute Gasteiger partial charge is 0.340 e. The van der Waals surface area contributed by atoms with Gasteiger partial charge >= 0.3 is 0 Å². The van der Waals surface area contributed by atoms with Crippen LogP contribution in [0.5, 0.6) is 0 Å². The molecule has 0 saturated carbocycles. The Morgan fingerprint density at radius 1 is 1.35 bits per heavy atom. The van der Waals surface area contributed by atoms with Gasteiger partial charge in [-0.15, -0.1) is 11.3 Å². The number of aromatic nitrogens is 1. The van der Waals surface area contributed by atoms with Gasteiger partial charge in [0.05, 0.1) is 21.2 Å². The van der Waals surface area contributed by atoms with Crippen LogP contribution in [0.2, 0.25) is 5.02 Å². The normalized spacial score (nSPS) is 11.9. The molecule has 10 heteroatoms. The standard InChI is InChI=1S/C16H17ClN4O4S/c1-8(2)13(15(23)20-16-18-9(3)7-26-16)19-14(22)11-5-4-10(21(24)25)6-12(11)17/h4-8,13H,1-3H3,(H,19,22)(H,18,20,23). The van der Waals surface area contributed by atoms with Crippen LogP contribution in [0.15, 0.2) is 23.6 Å². The van der Waals surface area contributed by atoms with Gasteiger partial charge in [-0.05, 0) is 18.9 Å². The van der Waals surface area contributed by atoms with E-state index in [1.54, 1.807) is 19.2 Å². The molecule has 1 aromatic heterocycles. The van der Waals surface area contributed by atoms with Crippen molar-refractivity contribution in [2.24, 2.45) is 5.92 Å². The van der Waals surface area contributed by atoms with E-state index in [-0.39, 0.29) is 22.2 Å². The fourth-order valence-electron chi connectivity index (χ4n) is 2.15. The van der Waals surface area contributed by atoms with Gasteiger partial charge < -0.3 is 10.6 Å². The van der Waals surface area contributed by atoms with Crippen molar-refractivity contribution < 1.29 is 14.5 Å². The molecule has 138 valence electrons. The summed E-state index contributed by atoms with van der Waals surface area (Å²) in [6.07, 6.45) is 0. The van der Waals surface area contributed by atoms with E-state index in [1.165, 1.54) is 23.5 Å². The van der Waals surface area contributed by atoms with Gasteiger partial charge in [0.25, 0.3) is 11.6 Å². The summed E-state index contributed by atoms with van der Waals surface area (Å²) in [5.41, 5.74) is 0.623. The number of hydrogen-bond acceptors (Lipinski definition) is 6. The van der Waals surface area contributed by atoms with Crippen LogP contribution in [-0.2, 0) is 4.79 Å². The van der Waals surface area contributed by atoms with Crippen LogP contribution < -0.4 is 10.6 Å². The number of hydrogen-bond donors (Lipinski definition) is 2. The van der Waals surface area contributed by atoms with E-state index in [1.807, 2.05) is 6.92 Å². The highest BCUT2D eigenvalue weighted by Crippen LogP contribution is 2.23. The molecule has 2 rings (SSSR count). The van der Waals surface area contributed by atoms with E-state index in [0.717, 1.165) is 11.8 Å². The van der Waals surface area contributed by atoms with Gasteiger partial charge in [0, 0.05) is 17.5 Å². The van der Waals surface area contributed by atoms with Crippen LogP contribution in [0.1, 0.15) is 29.9 Å². The number of nitro groups is 1. The molecule has 1 heterocycles. The number of halogens is 1. The molecule has 0 bridgehead atoms. The van der Waals surface area contributed by atoms with E-state index >= 15 is 0 Å². The molecule has 2 N–H and O–H groups in total.